The van der Waals surface area contributed by atoms with E-state index < -0.39 is 0 Å². The van der Waals surface area contributed by atoms with Crippen molar-refractivity contribution in [2.75, 3.05) is 18.4 Å². The molecule has 19 heavy (non-hydrogen) atoms. The van der Waals surface area contributed by atoms with Crippen molar-refractivity contribution in [1.82, 2.24) is 4.90 Å². The standard InChI is InChI=1S/C15H18N2O2/c1-10(18)17-8-6-11(7-9-17)14-12-4-2-3-5-13(12)16-15(14)19/h2-5,11,14H,6-9H2,1H3,(H,16,19). The molecular formula is C15H18N2O2. The number of rotatable bonds is 1. The summed E-state index contributed by atoms with van der Waals surface area (Å²) in [5.74, 6) is 0.557. The number of fused-ring (bicyclic) bond motifs is 1. The number of amides is 2. The number of benzene rings is 1. The molecule has 1 saturated heterocycles. The third-order valence-electron chi connectivity index (χ3n) is 4.29. The Morgan fingerprint density at radius 3 is 2.63 bits per heavy atom. The number of hydrogen-bond donors (Lipinski definition) is 1. The van der Waals surface area contributed by atoms with Gasteiger partial charge in [0.15, 0.2) is 0 Å². The van der Waals surface area contributed by atoms with Crippen molar-refractivity contribution in [1.29, 1.82) is 0 Å². The quantitative estimate of drug-likeness (QED) is 0.837. The maximum absolute atomic E-state index is 12.2. The van der Waals surface area contributed by atoms with Crippen LogP contribution in [0.4, 0.5) is 5.69 Å². The minimum absolute atomic E-state index is 0.0368. The summed E-state index contributed by atoms with van der Waals surface area (Å²) in [6.45, 7) is 3.15. The van der Waals surface area contributed by atoms with Gasteiger partial charge in [-0.25, -0.2) is 0 Å². The maximum Gasteiger partial charge on any atom is 0.232 e. The Hall–Kier alpha value is -1.84. The van der Waals surface area contributed by atoms with Gasteiger partial charge in [0, 0.05) is 25.7 Å². The minimum atomic E-state index is -0.0368. The third-order valence-corrected chi connectivity index (χ3v) is 4.29. The minimum Gasteiger partial charge on any atom is -0.343 e. The van der Waals surface area contributed by atoms with E-state index in [9.17, 15) is 9.59 Å². The Labute approximate surface area is 112 Å². The fourth-order valence-electron chi connectivity index (χ4n) is 3.25. The van der Waals surface area contributed by atoms with Crippen molar-refractivity contribution < 1.29 is 9.59 Å². The number of nitrogens with one attached hydrogen (secondary N) is 1. The zero-order chi connectivity index (χ0) is 13.4. The molecule has 1 atom stereocenters. The van der Waals surface area contributed by atoms with Crippen molar-refractivity contribution in [2.24, 2.45) is 5.92 Å². The number of hydrogen-bond acceptors (Lipinski definition) is 2. The van der Waals surface area contributed by atoms with Gasteiger partial charge in [-0.1, -0.05) is 18.2 Å². The number of carbonyl (C=O) groups is 2. The Balaban J connectivity index is 1.77. The summed E-state index contributed by atoms with van der Waals surface area (Å²) in [6, 6.07) is 7.92. The van der Waals surface area contributed by atoms with E-state index in [1.54, 1.807) is 6.92 Å². The predicted octanol–water partition coefficient (Wildman–Crippen LogP) is 1.98. The second kappa shape index (κ2) is 4.68. The Bertz CT molecular complexity index is 519. The maximum atomic E-state index is 12.2. The molecule has 2 aliphatic heterocycles. The van der Waals surface area contributed by atoms with E-state index in [-0.39, 0.29) is 17.7 Å². The molecule has 100 valence electrons. The van der Waals surface area contributed by atoms with Gasteiger partial charge in [0.2, 0.25) is 11.8 Å². The van der Waals surface area contributed by atoms with Gasteiger partial charge in [-0.3, -0.25) is 9.59 Å². The van der Waals surface area contributed by atoms with Crippen LogP contribution in [0.25, 0.3) is 0 Å². The van der Waals surface area contributed by atoms with Crippen LogP contribution >= 0.6 is 0 Å². The Morgan fingerprint density at radius 2 is 1.95 bits per heavy atom. The fraction of sp³-hybridized carbons (Fsp3) is 0.467. The molecule has 1 aromatic carbocycles. The first-order valence-electron chi connectivity index (χ1n) is 6.82. The van der Waals surface area contributed by atoms with Gasteiger partial charge in [0.25, 0.3) is 0 Å². The fourth-order valence-corrected chi connectivity index (χ4v) is 3.25. The second-order valence-corrected chi connectivity index (χ2v) is 5.40. The van der Waals surface area contributed by atoms with Crippen LogP contribution in [0.5, 0.6) is 0 Å². The molecule has 0 aromatic heterocycles. The van der Waals surface area contributed by atoms with E-state index in [4.69, 9.17) is 0 Å². The van der Waals surface area contributed by atoms with E-state index in [0.29, 0.717) is 5.92 Å². The summed E-state index contributed by atoms with van der Waals surface area (Å²) in [5, 5.41) is 2.96. The summed E-state index contributed by atoms with van der Waals surface area (Å²) in [4.78, 5) is 25.4. The lowest BCUT2D eigenvalue weighted by Gasteiger charge is -2.33. The Kier molecular flexibility index (Phi) is 3.01. The third kappa shape index (κ3) is 2.11. The van der Waals surface area contributed by atoms with Crippen molar-refractivity contribution in [3.05, 3.63) is 29.8 Å². The highest BCUT2D eigenvalue weighted by atomic mass is 16.2. The number of para-hydroxylation sites is 1. The molecule has 1 fully saturated rings. The van der Waals surface area contributed by atoms with Gasteiger partial charge >= 0.3 is 0 Å². The Morgan fingerprint density at radius 1 is 1.26 bits per heavy atom. The lowest BCUT2D eigenvalue weighted by Crippen LogP contribution is -2.39. The molecule has 1 aromatic rings. The molecule has 2 aliphatic rings. The molecule has 1 unspecified atom stereocenters. The molecule has 2 heterocycles. The largest absolute Gasteiger partial charge is 0.343 e. The van der Waals surface area contributed by atoms with Gasteiger partial charge in [-0.15, -0.1) is 0 Å². The average molecular weight is 258 g/mol. The van der Waals surface area contributed by atoms with Crippen LogP contribution in [0.3, 0.4) is 0 Å². The molecular weight excluding hydrogens is 240 g/mol. The smallest absolute Gasteiger partial charge is 0.232 e. The summed E-state index contributed by atoms with van der Waals surface area (Å²) < 4.78 is 0. The van der Waals surface area contributed by atoms with Crippen LogP contribution in [0, 0.1) is 5.92 Å². The number of anilines is 1. The summed E-state index contributed by atoms with van der Waals surface area (Å²) in [6.07, 6.45) is 1.82. The normalized spacial score (nSPS) is 23.1. The molecule has 4 nitrogen and oxygen atoms in total. The van der Waals surface area contributed by atoms with Crippen molar-refractivity contribution in [2.45, 2.75) is 25.7 Å². The lowest BCUT2D eigenvalue weighted by atomic mass is 9.81. The highest BCUT2D eigenvalue weighted by molar-refractivity contribution is 6.03. The van der Waals surface area contributed by atoms with Crippen molar-refractivity contribution in [3.63, 3.8) is 0 Å². The molecule has 3 rings (SSSR count). The van der Waals surface area contributed by atoms with E-state index in [0.717, 1.165) is 37.2 Å². The molecule has 1 N–H and O–H groups in total. The molecule has 4 heteroatoms. The monoisotopic (exact) mass is 258 g/mol. The molecule has 0 saturated carbocycles. The lowest BCUT2D eigenvalue weighted by molar-refractivity contribution is -0.130. The summed E-state index contributed by atoms with van der Waals surface area (Å²) in [5.41, 5.74) is 2.07. The van der Waals surface area contributed by atoms with Crippen molar-refractivity contribution in [3.8, 4) is 0 Å². The predicted molar refractivity (Wildman–Crippen MR) is 72.8 cm³/mol. The number of carbonyl (C=O) groups excluding carboxylic acids is 2. The molecule has 0 spiro atoms. The summed E-state index contributed by atoms with van der Waals surface area (Å²) >= 11 is 0. The zero-order valence-electron chi connectivity index (χ0n) is 11.1. The van der Waals surface area contributed by atoms with Crippen LogP contribution in [-0.2, 0) is 9.59 Å². The molecule has 2 amide bonds. The topological polar surface area (TPSA) is 49.4 Å². The SMILES string of the molecule is CC(=O)N1CCC(C2C(=O)Nc3ccccc32)CC1. The second-order valence-electron chi connectivity index (χ2n) is 5.40. The first-order chi connectivity index (χ1) is 9.16. The van der Waals surface area contributed by atoms with Gasteiger partial charge in [0.05, 0.1) is 5.92 Å². The van der Waals surface area contributed by atoms with Gasteiger partial charge < -0.3 is 10.2 Å². The van der Waals surface area contributed by atoms with E-state index in [1.807, 2.05) is 29.2 Å². The molecule has 0 aliphatic carbocycles. The summed E-state index contributed by atoms with van der Waals surface area (Å²) in [7, 11) is 0. The zero-order valence-corrected chi connectivity index (χ0v) is 11.1. The number of piperidine rings is 1. The number of likely N-dealkylation sites (tertiary alicyclic amines) is 1. The van der Waals surface area contributed by atoms with Crippen LogP contribution in [0.2, 0.25) is 0 Å². The van der Waals surface area contributed by atoms with Gasteiger partial charge in [0.1, 0.15) is 0 Å². The van der Waals surface area contributed by atoms with Crippen LogP contribution in [0.15, 0.2) is 24.3 Å². The average Bonchev–Trinajstić information content (AvgIpc) is 2.74. The van der Waals surface area contributed by atoms with Crippen LogP contribution in [-0.4, -0.2) is 29.8 Å². The van der Waals surface area contributed by atoms with Crippen molar-refractivity contribution >= 4 is 17.5 Å². The van der Waals surface area contributed by atoms with Crippen LogP contribution in [0.1, 0.15) is 31.2 Å². The highest BCUT2D eigenvalue weighted by Gasteiger charge is 2.38. The van der Waals surface area contributed by atoms with Gasteiger partial charge in [-0.05, 0) is 30.4 Å². The van der Waals surface area contributed by atoms with Gasteiger partial charge in [-0.2, -0.15) is 0 Å². The van der Waals surface area contributed by atoms with E-state index >= 15 is 0 Å². The highest BCUT2D eigenvalue weighted by Crippen LogP contribution is 2.41. The number of nitrogens with zero attached hydrogens (tertiary/aromatic N) is 1. The van der Waals surface area contributed by atoms with E-state index in [1.165, 1.54) is 0 Å². The molecule has 0 bridgehead atoms. The van der Waals surface area contributed by atoms with Crippen LogP contribution < -0.4 is 5.32 Å². The molecule has 0 radical (unpaired) electrons. The first-order valence-corrected chi connectivity index (χ1v) is 6.82. The first kappa shape index (κ1) is 12.2. The van der Waals surface area contributed by atoms with E-state index in [2.05, 4.69) is 5.32 Å².